The van der Waals surface area contributed by atoms with Crippen molar-refractivity contribution < 1.29 is 14.4 Å². The summed E-state index contributed by atoms with van der Waals surface area (Å²) in [4.78, 5) is 38.4. The molecule has 1 heterocycles. The van der Waals surface area contributed by atoms with Gasteiger partial charge in [-0.15, -0.1) is 6.58 Å². The van der Waals surface area contributed by atoms with Crippen molar-refractivity contribution in [3.05, 3.63) is 76.4 Å². The number of nitrogens with zero attached hydrogens (tertiary/aromatic N) is 1. The number of carbonyl (C=O) groups is 3. The number of hydrogen-bond donors (Lipinski definition) is 1. The van der Waals surface area contributed by atoms with Crippen LogP contribution in [0.5, 0.6) is 0 Å². The molecule has 2 aromatic carbocycles. The molecular formula is C21H20N2O3. The number of aryl methyl sites for hydroxylation is 3. The van der Waals surface area contributed by atoms with Gasteiger partial charge in [0.1, 0.15) is 0 Å². The third-order valence-electron chi connectivity index (χ3n) is 4.46. The van der Waals surface area contributed by atoms with Crippen LogP contribution in [0.15, 0.2) is 43.0 Å². The van der Waals surface area contributed by atoms with E-state index in [0.29, 0.717) is 11.1 Å². The van der Waals surface area contributed by atoms with Crippen molar-refractivity contribution in [3.63, 3.8) is 0 Å². The summed E-state index contributed by atoms with van der Waals surface area (Å²) < 4.78 is 0. The molecule has 0 saturated heterocycles. The zero-order valence-electron chi connectivity index (χ0n) is 15.1. The third kappa shape index (κ3) is 2.92. The molecule has 5 nitrogen and oxygen atoms in total. The largest absolute Gasteiger partial charge is 0.322 e. The maximum atomic E-state index is 12.7. The van der Waals surface area contributed by atoms with Crippen LogP contribution < -0.4 is 5.32 Å². The van der Waals surface area contributed by atoms with E-state index in [0.717, 1.165) is 27.3 Å². The van der Waals surface area contributed by atoms with Gasteiger partial charge in [0.25, 0.3) is 17.7 Å². The molecule has 0 atom stereocenters. The number of amides is 3. The summed E-state index contributed by atoms with van der Waals surface area (Å²) in [7, 11) is 0. The molecule has 132 valence electrons. The molecule has 0 aliphatic carbocycles. The van der Waals surface area contributed by atoms with Gasteiger partial charge >= 0.3 is 0 Å². The Morgan fingerprint density at radius 3 is 2.27 bits per heavy atom. The Morgan fingerprint density at radius 2 is 1.65 bits per heavy atom. The van der Waals surface area contributed by atoms with Crippen molar-refractivity contribution in [2.24, 2.45) is 0 Å². The molecule has 0 aromatic heterocycles. The molecule has 0 saturated carbocycles. The second-order valence-corrected chi connectivity index (χ2v) is 6.50. The van der Waals surface area contributed by atoms with Crippen molar-refractivity contribution in [3.8, 4) is 0 Å². The lowest BCUT2D eigenvalue weighted by molar-refractivity contribution is 0.0672. The van der Waals surface area contributed by atoms with E-state index in [1.165, 1.54) is 18.2 Å². The van der Waals surface area contributed by atoms with Gasteiger partial charge in [-0.05, 0) is 50.1 Å². The quantitative estimate of drug-likeness (QED) is 0.677. The van der Waals surface area contributed by atoms with Crippen molar-refractivity contribution in [2.45, 2.75) is 20.8 Å². The second kappa shape index (κ2) is 6.59. The van der Waals surface area contributed by atoms with Crippen LogP contribution in [0.1, 0.15) is 47.8 Å². The van der Waals surface area contributed by atoms with Crippen LogP contribution >= 0.6 is 0 Å². The van der Waals surface area contributed by atoms with Crippen LogP contribution in [-0.4, -0.2) is 29.2 Å². The van der Waals surface area contributed by atoms with Crippen LogP contribution in [0, 0.1) is 20.8 Å². The van der Waals surface area contributed by atoms with Crippen LogP contribution in [-0.2, 0) is 0 Å². The minimum atomic E-state index is -0.401. The molecule has 0 unspecified atom stereocenters. The molecule has 0 fully saturated rings. The Labute approximate surface area is 152 Å². The molecule has 1 aliphatic heterocycles. The van der Waals surface area contributed by atoms with Crippen molar-refractivity contribution >= 4 is 23.4 Å². The lowest BCUT2D eigenvalue weighted by Crippen LogP contribution is -2.29. The molecule has 3 amide bonds. The van der Waals surface area contributed by atoms with Gasteiger partial charge in [0.15, 0.2) is 0 Å². The Kier molecular flexibility index (Phi) is 4.47. The summed E-state index contributed by atoms with van der Waals surface area (Å²) in [6, 6.07) is 8.58. The highest BCUT2D eigenvalue weighted by Gasteiger charge is 2.35. The van der Waals surface area contributed by atoms with Crippen molar-refractivity contribution in [1.29, 1.82) is 0 Å². The summed E-state index contributed by atoms with van der Waals surface area (Å²) in [5.41, 5.74) is 4.74. The zero-order chi connectivity index (χ0) is 19.0. The molecule has 26 heavy (non-hydrogen) atoms. The summed E-state index contributed by atoms with van der Waals surface area (Å²) in [5.74, 6) is -1.07. The van der Waals surface area contributed by atoms with E-state index in [2.05, 4.69) is 11.9 Å². The van der Waals surface area contributed by atoms with Crippen molar-refractivity contribution in [2.75, 3.05) is 11.9 Å². The Morgan fingerprint density at radius 1 is 1.04 bits per heavy atom. The summed E-state index contributed by atoms with van der Waals surface area (Å²) in [6.45, 7) is 9.59. The molecule has 0 radical (unpaired) electrons. The third-order valence-corrected chi connectivity index (χ3v) is 4.46. The fourth-order valence-electron chi connectivity index (χ4n) is 3.29. The average Bonchev–Trinajstić information content (AvgIpc) is 2.83. The molecule has 1 aliphatic rings. The Hall–Kier alpha value is -3.21. The first kappa shape index (κ1) is 17.6. The minimum Gasteiger partial charge on any atom is -0.322 e. The van der Waals surface area contributed by atoms with E-state index in [-0.39, 0.29) is 23.9 Å². The fraction of sp³-hybridized carbons (Fsp3) is 0.190. The van der Waals surface area contributed by atoms with Crippen LogP contribution in [0.3, 0.4) is 0 Å². The lowest BCUT2D eigenvalue weighted by atomic mass is 10.0. The van der Waals surface area contributed by atoms with E-state index < -0.39 is 5.91 Å². The van der Waals surface area contributed by atoms with E-state index in [9.17, 15) is 14.4 Å². The second-order valence-electron chi connectivity index (χ2n) is 6.50. The van der Waals surface area contributed by atoms with Gasteiger partial charge in [0.05, 0.1) is 11.1 Å². The first-order valence-electron chi connectivity index (χ1n) is 8.34. The van der Waals surface area contributed by atoms with Crippen LogP contribution in [0.25, 0.3) is 0 Å². The molecule has 2 aromatic rings. The predicted molar refractivity (Wildman–Crippen MR) is 101 cm³/mol. The summed E-state index contributed by atoms with van der Waals surface area (Å²) in [6.07, 6.45) is 1.50. The minimum absolute atomic E-state index is 0.148. The Balaban J connectivity index is 1.91. The van der Waals surface area contributed by atoms with Gasteiger partial charge in [-0.25, -0.2) is 0 Å². The van der Waals surface area contributed by atoms with Gasteiger partial charge in [-0.3, -0.25) is 19.3 Å². The number of benzene rings is 2. The normalized spacial score (nSPS) is 13.0. The van der Waals surface area contributed by atoms with Crippen molar-refractivity contribution in [1.82, 2.24) is 4.90 Å². The number of nitrogens with one attached hydrogen (secondary N) is 1. The Bertz CT molecular complexity index is 937. The summed E-state index contributed by atoms with van der Waals surface area (Å²) in [5, 5.41) is 2.91. The number of imide groups is 1. The molecule has 1 N–H and O–H groups in total. The molecular weight excluding hydrogens is 328 g/mol. The maximum absolute atomic E-state index is 12.7. The summed E-state index contributed by atoms with van der Waals surface area (Å²) >= 11 is 0. The number of carbonyl (C=O) groups excluding carboxylic acids is 3. The molecule has 5 heteroatoms. The molecule has 3 rings (SSSR count). The smallest absolute Gasteiger partial charge is 0.261 e. The zero-order valence-corrected chi connectivity index (χ0v) is 15.1. The van der Waals surface area contributed by atoms with E-state index in [4.69, 9.17) is 0 Å². The lowest BCUT2D eigenvalue weighted by Gasteiger charge is -2.13. The van der Waals surface area contributed by atoms with Crippen LogP contribution in [0.4, 0.5) is 5.69 Å². The predicted octanol–water partition coefficient (Wildman–Crippen LogP) is 3.65. The number of anilines is 1. The van der Waals surface area contributed by atoms with Crippen LogP contribution in [0.2, 0.25) is 0 Å². The van der Waals surface area contributed by atoms with Gasteiger partial charge in [0, 0.05) is 17.8 Å². The highest BCUT2D eigenvalue weighted by atomic mass is 16.2. The van der Waals surface area contributed by atoms with E-state index in [1.807, 2.05) is 32.9 Å². The highest BCUT2D eigenvalue weighted by Crippen LogP contribution is 2.26. The van der Waals surface area contributed by atoms with Gasteiger partial charge in [0.2, 0.25) is 0 Å². The first-order valence-corrected chi connectivity index (χ1v) is 8.34. The standard InChI is InChI=1S/C21H20N2O3/c1-5-8-23-20(25)16-7-6-15(11-17(16)21(23)26)19(24)22-18-13(3)9-12(2)10-14(18)4/h5-7,9-11H,1,8H2,2-4H3,(H,22,24). The van der Waals surface area contributed by atoms with Gasteiger partial charge < -0.3 is 5.32 Å². The fourth-order valence-corrected chi connectivity index (χ4v) is 3.29. The van der Waals surface area contributed by atoms with E-state index in [1.54, 1.807) is 6.07 Å². The number of hydrogen-bond acceptors (Lipinski definition) is 3. The van der Waals surface area contributed by atoms with E-state index >= 15 is 0 Å². The monoisotopic (exact) mass is 348 g/mol. The van der Waals surface area contributed by atoms with Gasteiger partial charge in [-0.2, -0.15) is 0 Å². The van der Waals surface area contributed by atoms with Gasteiger partial charge in [-0.1, -0.05) is 23.8 Å². The maximum Gasteiger partial charge on any atom is 0.261 e. The SMILES string of the molecule is C=CCN1C(=O)c2ccc(C(=O)Nc3c(C)cc(C)cc3C)cc2C1=O. The number of fused-ring (bicyclic) bond motifs is 1. The number of rotatable bonds is 4. The molecule has 0 bridgehead atoms. The first-order chi connectivity index (χ1) is 12.3. The molecule has 0 spiro atoms. The topological polar surface area (TPSA) is 66.5 Å². The highest BCUT2D eigenvalue weighted by molar-refractivity contribution is 6.22. The average molecular weight is 348 g/mol.